The van der Waals surface area contributed by atoms with Crippen LogP contribution in [0, 0.1) is 0 Å². The summed E-state index contributed by atoms with van der Waals surface area (Å²) < 4.78 is 17.7. The van der Waals surface area contributed by atoms with Crippen molar-refractivity contribution in [3.8, 4) is 17.2 Å². The predicted molar refractivity (Wildman–Crippen MR) is 117 cm³/mol. The molecule has 0 bridgehead atoms. The molecule has 2 aromatic rings. The summed E-state index contributed by atoms with van der Waals surface area (Å²) in [6.45, 7) is 2.91. The minimum Gasteiger partial charge on any atom is -0.497 e. The highest BCUT2D eigenvalue weighted by atomic mass is 16.5. The number of likely N-dealkylation sites (tertiary alicyclic amines) is 1. The van der Waals surface area contributed by atoms with E-state index in [0.717, 1.165) is 40.5 Å². The lowest BCUT2D eigenvalue weighted by molar-refractivity contribution is -0.159. The highest BCUT2D eigenvalue weighted by Crippen LogP contribution is 2.52. The molecule has 0 aromatic heterocycles. The number of methoxy groups -OCH3 is 2. The van der Waals surface area contributed by atoms with Crippen molar-refractivity contribution in [1.29, 1.82) is 0 Å². The molecule has 7 nitrogen and oxygen atoms in total. The molecule has 0 unspecified atom stereocenters. The topological polar surface area (TPSA) is 63.6 Å². The first-order chi connectivity index (χ1) is 15.0. The van der Waals surface area contributed by atoms with Crippen molar-refractivity contribution in [2.45, 2.75) is 38.0 Å². The molecule has 31 heavy (non-hydrogen) atoms. The highest BCUT2D eigenvalue weighted by molar-refractivity contribution is 6.02. The number of benzene rings is 2. The second-order valence-corrected chi connectivity index (χ2v) is 8.28. The summed E-state index contributed by atoms with van der Waals surface area (Å²) >= 11 is 0. The predicted octanol–water partition coefficient (Wildman–Crippen LogP) is 3.59. The Kier molecular flexibility index (Phi) is 4.76. The standard InChI is InChI=1S/C24H27N3O4/c1-16(28)26-12-10-24(11-13-26)27-21(19-8-5-9-22(30-3)23(19)31-24)15-20(25-27)17-6-4-7-18(14-17)29-2/h4-9,14,21H,10-13,15H2,1-3H3/t21-/m0/s1. The molecule has 162 valence electrons. The van der Waals surface area contributed by atoms with Crippen LogP contribution in [0.1, 0.15) is 43.4 Å². The lowest BCUT2D eigenvalue weighted by Crippen LogP contribution is -2.59. The molecule has 0 aliphatic carbocycles. The third kappa shape index (κ3) is 3.19. The van der Waals surface area contributed by atoms with Gasteiger partial charge in [-0.3, -0.25) is 4.79 Å². The maximum absolute atomic E-state index is 11.9. The van der Waals surface area contributed by atoms with Gasteiger partial charge in [-0.25, -0.2) is 5.01 Å². The molecule has 5 rings (SSSR count). The number of carbonyl (C=O) groups excluding carboxylic acids is 1. The summed E-state index contributed by atoms with van der Waals surface area (Å²) in [5.41, 5.74) is 2.55. The zero-order chi connectivity index (χ0) is 21.6. The van der Waals surface area contributed by atoms with Gasteiger partial charge < -0.3 is 19.1 Å². The number of hydrazone groups is 1. The van der Waals surface area contributed by atoms with Crippen LogP contribution in [0.5, 0.6) is 17.2 Å². The Morgan fingerprint density at radius 2 is 1.90 bits per heavy atom. The number of amides is 1. The van der Waals surface area contributed by atoms with E-state index in [0.29, 0.717) is 25.9 Å². The van der Waals surface area contributed by atoms with E-state index in [-0.39, 0.29) is 11.9 Å². The van der Waals surface area contributed by atoms with Gasteiger partial charge in [-0.1, -0.05) is 24.3 Å². The highest BCUT2D eigenvalue weighted by Gasteiger charge is 2.52. The van der Waals surface area contributed by atoms with Crippen LogP contribution in [0.2, 0.25) is 0 Å². The number of para-hydroxylation sites is 1. The summed E-state index contributed by atoms with van der Waals surface area (Å²) in [4.78, 5) is 13.8. The van der Waals surface area contributed by atoms with Crippen LogP contribution in [-0.2, 0) is 4.79 Å². The largest absolute Gasteiger partial charge is 0.497 e. The summed E-state index contributed by atoms with van der Waals surface area (Å²) in [5, 5.41) is 7.22. The number of rotatable bonds is 3. The molecule has 2 aromatic carbocycles. The van der Waals surface area contributed by atoms with Gasteiger partial charge in [0.25, 0.3) is 0 Å². The molecule has 1 saturated heterocycles. The van der Waals surface area contributed by atoms with Crippen molar-refractivity contribution >= 4 is 11.6 Å². The number of hydrogen-bond donors (Lipinski definition) is 0. The smallest absolute Gasteiger partial charge is 0.219 e. The molecule has 3 aliphatic heterocycles. The van der Waals surface area contributed by atoms with E-state index >= 15 is 0 Å². The van der Waals surface area contributed by atoms with E-state index in [1.165, 1.54) is 0 Å². The maximum Gasteiger partial charge on any atom is 0.219 e. The van der Waals surface area contributed by atoms with Crippen LogP contribution in [0.15, 0.2) is 47.6 Å². The SMILES string of the molecule is COc1cccc(C2=NN3[C@@H](C2)c2cccc(OC)c2OC32CCN(C(C)=O)CC2)c1. The molecule has 1 spiro atoms. The molecule has 0 saturated carbocycles. The molecule has 1 amide bonds. The Morgan fingerprint density at radius 1 is 1.13 bits per heavy atom. The average Bonchev–Trinajstić information content (AvgIpc) is 3.26. The van der Waals surface area contributed by atoms with Gasteiger partial charge in [-0.15, -0.1) is 0 Å². The third-order valence-corrected chi connectivity index (χ3v) is 6.60. The maximum atomic E-state index is 11.9. The first-order valence-corrected chi connectivity index (χ1v) is 10.7. The van der Waals surface area contributed by atoms with Crippen molar-refractivity contribution in [1.82, 2.24) is 9.91 Å². The normalized spacial score (nSPS) is 21.1. The van der Waals surface area contributed by atoms with Crippen LogP contribution >= 0.6 is 0 Å². The van der Waals surface area contributed by atoms with E-state index < -0.39 is 5.72 Å². The Morgan fingerprint density at radius 3 is 2.61 bits per heavy atom. The van der Waals surface area contributed by atoms with Crippen LogP contribution < -0.4 is 14.2 Å². The van der Waals surface area contributed by atoms with Crippen molar-refractivity contribution < 1.29 is 19.0 Å². The van der Waals surface area contributed by atoms with Crippen LogP contribution in [-0.4, -0.2) is 54.6 Å². The minimum atomic E-state index is -0.598. The third-order valence-electron chi connectivity index (χ3n) is 6.60. The zero-order valence-electron chi connectivity index (χ0n) is 18.1. The van der Waals surface area contributed by atoms with Crippen LogP contribution in [0.25, 0.3) is 0 Å². The van der Waals surface area contributed by atoms with Crippen LogP contribution in [0.3, 0.4) is 0 Å². The van der Waals surface area contributed by atoms with E-state index in [1.807, 2.05) is 35.2 Å². The van der Waals surface area contributed by atoms with Gasteiger partial charge in [0.2, 0.25) is 11.6 Å². The Labute approximate surface area is 182 Å². The Bertz CT molecular complexity index is 1040. The number of carbonyl (C=O) groups is 1. The molecular weight excluding hydrogens is 394 g/mol. The molecule has 0 radical (unpaired) electrons. The number of ether oxygens (including phenoxy) is 3. The van der Waals surface area contributed by atoms with Gasteiger partial charge in [-0.2, -0.15) is 5.10 Å². The first-order valence-electron chi connectivity index (χ1n) is 10.7. The average molecular weight is 421 g/mol. The van der Waals surface area contributed by atoms with Crippen molar-refractivity contribution in [2.75, 3.05) is 27.3 Å². The number of hydrogen-bond acceptors (Lipinski definition) is 6. The minimum absolute atomic E-state index is 0.0592. The number of nitrogens with zero attached hydrogens (tertiary/aromatic N) is 3. The summed E-state index contributed by atoms with van der Waals surface area (Å²) in [7, 11) is 3.34. The monoisotopic (exact) mass is 421 g/mol. The lowest BCUT2D eigenvalue weighted by Gasteiger charge is -2.51. The van der Waals surface area contributed by atoms with Gasteiger partial charge in [0.1, 0.15) is 5.75 Å². The van der Waals surface area contributed by atoms with E-state index in [1.54, 1.807) is 21.1 Å². The Balaban J connectivity index is 1.57. The van der Waals surface area contributed by atoms with Gasteiger partial charge in [-0.05, 0) is 18.2 Å². The van der Waals surface area contributed by atoms with Crippen LogP contribution in [0.4, 0.5) is 0 Å². The molecule has 7 heteroatoms. The van der Waals surface area contributed by atoms with E-state index in [2.05, 4.69) is 17.1 Å². The zero-order valence-corrected chi connectivity index (χ0v) is 18.1. The lowest BCUT2D eigenvalue weighted by atomic mass is 9.90. The molecule has 1 atom stereocenters. The fraction of sp³-hybridized carbons (Fsp3) is 0.417. The molecule has 3 aliphatic rings. The molecular formula is C24H27N3O4. The molecule has 1 fully saturated rings. The van der Waals surface area contributed by atoms with Gasteiger partial charge >= 0.3 is 0 Å². The van der Waals surface area contributed by atoms with E-state index in [4.69, 9.17) is 19.3 Å². The Hall–Kier alpha value is -3.22. The fourth-order valence-corrected chi connectivity index (χ4v) is 4.91. The second kappa shape index (κ2) is 7.48. The van der Waals surface area contributed by atoms with Crippen molar-refractivity contribution in [2.24, 2.45) is 5.10 Å². The van der Waals surface area contributed by atoms with Crippen molar-refractivity contribution in [3.63, 3.8) is 0 Å². The summed E-state index contributed by atoms with van der Waals surface area (Å²) in [5.74, 6) is 2.44. The fourth-order valence-electron chi connectivity index (χ4n) is 4.91. The van der Waals surface area contributed by atoms with Gasteiger partial charge in [0.05, 0.1) is 26.0 Å². The number of fused-ring (bicyclic) bond motifs is 4. The number of piperidine rings is 1. The van der Waals surface area contributed by atoms with E-state index in [9.17, 15) is 4.79 Å². The van der Waals surface area contributed by atoms with Gasteiger partial charge in [0, 0.05) is 50.4 Å². The molecule has 0 N–H and O–H groups in total. The quantitative estimate of drug-likeness (QED) is 0.758. The summed E-state index contributed by atoms with van der Waals surface area (Å²) in [6, 6.07) is 14.1. The van der Waals surface area contributed by atoms with Crippen molar-refractivity contribution in [3.05, 3.63) is 53.6 Å². The second-order valence-electron chi connectivity index (χ2n) is 8.28. The first kappa shape index (κ1) is 19.7. The molecule has 3 heterocycles. The van der Waals surface area contributed by atoms with Gasteiger partial charge in [0.15, 0.2) is 11.5 Å². The summed E-state index contributed by atoms with van der Waals surface area (Å²) in [6.07, 6.45) is 2.15.